The van der Waals surface area contributed by atoms with Crippen LogP contribution in [0.3, 0.4) is 0 Å². The zero-order valence-electron chi connectivity index (χ0n) is 14.3. The van der Waals surface area contributed by atoms with Gasteiger partial charge in [0.05, 0.1) is 5.69 Å². The van der Waals surface area contributed by atoms with Gasteiger partial charge in [-0.3, -0.25) is 0 Å². The third-order valence-corrected chi connectivity index (χ3v) is 4.41. The van der Waals surface area contributed by atoms with Gasteiger partial charge in [0.25, 0.3) is 0 Å². The van der Waals surface area contributed by atoms with E-state index in [2.05, 4.69) is 42.1 Å². The molecule has 0 saturated carbocycles. The molecule has 0 bridgehead atoms. The highest BCUT2D eigenvalue weighted by atomic mass is 32.1. The molecule has 0 spiro atoms. The lowest BCUT2D eigenvalue weighted by Gasteiger charge is -2.22. The maximum atomic E-state index is 6.15. The monoisotopic (exact) mass is 339 g/mol. The van der Waals surface area contributed by atoms with Crippen LogP contribution in [0.25, 0.3) is 0 Å². The Hall–Kier alpha value is -2.40. The third kappa shape index (κ3) is 3.74. The SMILES string of the molecule is Cc1csc(Nc2cccnc2Oc2ccccc2C(C)(C)C)n1. The highest BCUT2D eigenvalue weighted by molar-refractivity contribution is 7.13. The molecule has 0 unspecified atom stereocenters. The number of nitrogens with zero attached hydrogens (tertiary/aromatic N) is 2. The maximum absolute atomic E-state index is 6.15. The molecule has 124 valence electrons. The van der Waals surface area contributed by atoms with E-state index in [1.807, 2.05) is 42.6 Å². The van der Waals surface area contributed by atoms with E-state index >= 15 is 0 Å². The molecule has 0 amide bonds. The van der Waals surface area contributed by atoms with Gasteiger partial charge in [-0.2, -0.15) is 0 Å². The highest BCUT2D eigenvalue weighted by Crippen LogP contribution is 2.36. The third-order valence-electron chi connectivity index (χ3n) is 3.53. The minimum Gasteiger partial charge on any atom is -0.437 e. The van der Waals surface area contributed by atoms with Crippen molar-refractivity contribution in [2.45, 2.75) is 33.1 Å². The molecule has 0 aliphatic heterocycles. The number of hydrogen-bond donors (Lipinski definition) is 1. The van der Waals surface area contributed by atoms with Crippen molar-refractivity contribution < 1.29 is 4.74 Å². The molecular formula is C19H21N3OS. The first-order chi connectivity index (χ1) is 11.4. The van der Waals surface area contributed by atoms with Crippen molar-refractivity contribution in [3.05, 3.63) is 59.2 Å². The van der Waals surface area contributed by atoms with Crippen molar-refractivity contribution in [3.8, 4) is 11.6 Å². The van der Waals surface area contributed by atoms with Crippen LogP contribution in [0.15, 0.2) is 48.0 Å². The lowest BCUT2D eigenvalue weighted by Crippen LogP contribution is -2.12. The smallest absolute Gasteiger partial charge is 0.243 e. The average Bonchev–Trinajstić information content (AvgIpc) is 2.94. The Morgan fingerprint density at radius 2 is 1.88 bits per heavy atom. The molecule has 24 heavy (non-hydrogen) atoms. The predicted octanol–water partition coefficient (Wildman–Crippen LogP) is 5.68. The summed E-state index contributed by atoms with van der Waals surface area (Å²) in [6.07, 6.45) is 1.73. The molecule has 0 aliphatic rings. The van der Waals surface area contributed by atoms with Gasteiger partial charge < -0.3 is 10.1 Å². The molecule has 2 aromatic heterocycles. The van der Waals surface area contributed by atoms with E-state index in [4.69, 9.17) is 4.74 Å². The summed E-state index contributed by atoms with van der Waals surface area (Å²) in [4.78, 5) is 8.83. The van der Waals surface area contributed by atoms with Crippen molar-refractivity contribution in [1.29, 1.82) is 0 Å². The van der Waals surface area contributed by atoms with E-state index in [1.54, 1.807) is 17.5 Å². The van der Waals surface area contributed by atoms with Gasteiger partial charge in [0.1, 0.15) is 11.4 Å². The van der Waals surface area contributed by atoms with Gasteiger partial charge in [0, 0.05) is 17.1 Å². The first-order valence-electron chi connectivity index (χ1n) is 7.85. The first-order valence-corrected chi connectivity index (χ1v) is 8.73. The normalized spacial score (nSPS) is 11.3. The molecule has 1 aromatic carbocycles. The largest absolute Gasteiger partial charge is 0.437 e. The topological polar surface area (TPSA) is 47.0 Å². The van der Waals surface area contributed by atoms with E-state index in [0.29, 0.717) is 5.88 Å². The van der Waals surface area contributed by atoms with Gasteiger partial charge in [-0.15, -0.1) is 11.3 Å². The average molecular weight is 339 g/mol. The second-order valence-electron chi connectivity index (χ2n) is 6.62. The maximum Gasteiger partial charge on any atom is 0.243 e. The molecular weight excluding hydrogens is 318 g/mol. The van der Waals surface area contributed by atoms with Crippen LogP contribution < -0.4 is 10.1 Å². The van der Waals surface area contributed by atoms with Gasteiger partial charge in [0.2, 0.25) is 5.88 Å². The molecule has 5 heteroatoms. The van der Waals surface area contributed by atoms with Gasteiger partial charge >= 0.3 is 0 Å². The standard InChI is InChI=1S/C19H21N3OS/c1-13-12-24-18(21-13)22-15-9-7-11-20-17(15)23-16-10-6-5-8-14(16)19(2,3)4/h5-12H,1-4H3,(H,21,22). The number of benzene rings is 1. The number of ether oxygens (including phenoxy) is 1. The summed E-state index contributed by atoms with van der Waals surface area (Å²) in [5.74, 6) is 1.36. The molecule has 3 rings (SSSR count). The van der Waals surface area contributed by atoms with Gasteiger partial charge in [-0.1, -0.05) is 39.0 Å². The Labute approximate surface area is 146 Å². The van der Waals surface area contributed by atoms with Crippen molar-refractivity contribution >= 4 is 22.2 Å². The summed E-state index contributed by atoms with van der Waals surface area (Å²) in [5, 5.41) is 6.13. The molecule has 0 saturated heterocycles. The Bertz CT molecular complexity index is 836. The number of aromatic nitrogens is 2. The predicted molar refractivity (Wildman–Crippen MR) is 99.6 cm³/mol. The summed E-state index contributed by atoms with van der Waals surface area (Å²) < 4.78 is 6.15. The van der Waals surface area contributed by atoms with Crippen LogP contribution in [-0.4, -0.2) is 9.97 Å². The summed E-state index contributed by atoms with van der Waals surface area (Å²) in [6, 6.07) is 11.9. The van der Waals surface area contributed by atoms with Gasteiger partial charge in [0.15, 0.2) is 5.13 Å². The van der Waals surface area contributed by atoms with E-state index in [0.717, 1.165) is 27.8 Å². The zero-order valence-corrected chi connectivity index (χ0v) is 15.1. The molecule has 4 nitrogen and oxygen atoms in total. The van der Waals surface area contributed by atoms with Crippen LogP contribution in [0.2, 0.25) is 0 Å². The first kappa shape index (κ1) is 16.5. The van der Waals surface area contributed by atoms with Gasteiger partial charge in [-0.05, 0) is 30.5 Å². The van der Waals surface area contributed by atoms with E-state index in [-0.39, 0.29) is 5.41 Å². The lowest BCUT2D eigenvalue weighted by molar-refractivity contribution is 0.442. The summed E-state index contributed by atoms with van der Waals surface area (Å²) in [7, 11) is 0. The Balaban J connectivity index is 1.92. The van der Waals surface area contributed by atoms with Gasteiger partial charge in [-0.25, -0.2) is 9.97 Å². The minimum atomic E-state index is -0.00855. The van der Waals surface area contributed by atoms with E-state index < -0.39 is 0 Å². The van der Waals surface area contributed by atoms with Crippen LogP contribution in [0.5, 0.6) is 11.6 Å². The van der Waals surface area contributed by atoms with Crippen LogP contribution >= 0.6 is 11.3 Å². The fourth-order valence-electron chi connectivity index (χ4n) is 2.37. The highest BCUT2D eigenvalue weighted by Gasteiger charge is 2.20. The zero-order chi connectivity index (χ0) is 17.2. The number of hydrogen-bond acceptors (Lipinski definition) is 5. The van der Waals surface area contributed by atoms with E-state index in [1.165, 1.54) is 0 Å². The van der Waals surface area contributed by atoms with Crippen LogP contribution in [0.4, 0.5) is 10.8 Å². The fourth-order valence-corrected chi connectivity index (χ4v) is 3.07. The molecule has 0 fully saturated rings. The minimum absolute atomic E-state index is 0.00855. The fraction of sp³-hybridized carbons (Fsp3) is 0.263. The number of anilines is 2. The van der Waals surface area contributed by atoms with Crippen molar-refractivity contribution in [1.82, 2.24) is 9.97 Å². The number of rotatable bonds is 4. The second kappa shape index (κ2) is 6.61. The number of pyridine rings is 1. The Morgan fingerprint density at radius 3 is 2.58 bits per heavy atom. The lowest BCUT2D eigenvalue weighted by atomic mass is 9.86. The molecule has 0 aliphatic carbocycles. The molecule has 1 N–H and O–H groups in total. The number of nitrogens with one attached hydrogen (secondary N) is 1. The van der Waals surface area contributed by atoms with Crippen molar-refractivity contribution in [2.75, 3.05) is 5.32 Å². The van der Waals surface area contributed by atoms with E-state index in [9.17, 15) is 0 Å². The van der Waals surface area contributed by atoms with Crippen LogP contribution in [0.1, 0.15) is 32.0 Å². The summed E-state index contributed by atoms with van der Waals surface area (Å²) in [5.41, 5.74) is 2.93. The molecule has 2 heterocycles. The second-order valence-corrected chi connectivity index (χ2v) is 7.48. The molecule has 0 radical (unpaired) electrons. The molecule has 0 atom stereocenters. The number of aryl methyl sites for hydroxylation is 1. The summed E-state index contributed by atoms with van der Waals surface area (Å²) in [6.45, 7) is 8.49. The van der Waals surface area contributed by atoms with Crippen molar-refractivity contribution in [3.63, 3.8) is 0 Å². The van der Waals surface area contributed by atoms with Crippen LogP contribution in [0, 0.1) is 6.92 Å². The number of thiazole rings is 1. The van der Waals surface area contributed by atoms with Crippen LogP contribution in [-0.2, 0) is 5.41 Å². The Morgan fingerprint density at radius 1 is 1.08 bits per heavy atom. The Kier molecular flexibility index (Phi) is 4.53. The quantitative estimate of drug-likeness (QED) is 0.664. The summed E-state index contributed by atoms with van der Waals surface area (Å²) >= 11 is 1.56. The number of para-hydroxylation sites is 1. The van der Waals surface area contributed by atoms with Crippen molar-refractivity contribution in [2.24, 2.45) is 0 Å². The molecule has 3 aromatic rings.